The zero-order valence-electron chi connectivity index (χ0n) is 8.39. The van der Waals surface area contributed by atoms with Crippen LogP contribution in [0, 0.1) is 13.8 Å². The van der Waals surface area contributed by atoms with Gasteiger partial charge in [0.1, 0.15) is 0 Å². The minimum atomic E-state index is 0.945. The van der Waals surface area contributed by atoms with Crippen LogP contribution in [0.15, 0.2) is 23.8 Å². The van der Waals surface area contributed by atoms with Gasteiger partial charge in [0.05, 0.1) is 0 Å². The van der Waals surface area contributed by atoms with Crippen LogP contribution in [0.1, 0.15) is 23.6 Å². The molecule has 0 radical (unpaired) electrons. The van der Waals surface area contributed by atoms with E-state index in [1.165, 1.54) is 22.3 Å². The average molecular weight is 239 g/mol. The third-order valence-corrected chi connectivity index (χ3v) is 2.92. The Kier molecular flexibility index (Phi) is 3.73. The predicted molar refractivity (Wildman–Crippen MR) is 63.4 cm³/mol. The van der Waals surface area contributed by atoms with Crippen LogP contribution in [0.5, 0.6) is 0 Å². The summed E-state index contributed by atoms with van der Waals surface area (Å²) in [5, 5.41) is 0.945. The lowest BCUT2D eigenvalue weighted by Gasteiger charge is -2.02. The highest BCUT2D eigenvalue weighted by molar-refractivity contribution is 9.09. The van der Waals surface area contributed by atoms with Crippen molar-refractivity contribution in [2.24, 2.45) is 0 Å². The van der Waals surface area contributed by atoms with Crippen molar-refractivity contribution in [2.75, 3.05) is 5.33 Å². The lowest BCUT2D eigenvalue weighted by atomic mass is 10.0. The fourth-order valence-electron chi connectivity index (χ4n) is 1.29. The van der Waals surface area contributed by atoms with E-state index in [9.17, 15) is 0 Å². The van der Waals surface area contributed by atoms with E-state index in [1.807, 2.05) is 0 Å². The Bertz CT molecular complexity index is 324. The van der Waals surface area contributed by atoms with Crippen molar-refractivity contribution >= 4 is 22.0 Å². The summed E-state index contributed by atoms with van der Waals surface area (Å²) in [4.78, 5) is 0. The summed E-state index contributed by atoms with van der Waals surface area (Å²) in [5.74, 6) is 0. The third-order valence-electron chi connectivity index (χ3n) is 2.04. The summed E-state index contributed by atoms with van der Waals surface area (Å²) >= 11 is 3.44. The van der Waals surface area contributed by atoms with Gasteiger partial charge >= 0.3 is 0 Å². The van der Waals surface area contributed by atoms with Crippen molar-refractivity contribution in [1.82, 2.24) is 0 Å². The van der Waals surface area contributed by atoms with Crippen molar-refractivity contribution in [2.45, 2.75) is 20.8 Å². The van der Waals surface area contributed by atoms with Gasteiger partial charge in [-0.05, 0) is 31.9 Å². The molecule has 1 aromatic carbocycles. The standard InChI is InChI=1S/C12H15Br/c1-9-4-5-12(11(3)6-9)7-10(2)8-13/h4-7H,8H2,1-3H3/b10-7-. The molecule has 0 nitrogen and oxygen atoms in total. The molecule has 1 rings (SSSR count). The lowest BCUT2D eigenvalue weighted by molar-refractivity contribution is 1.35. The van der Waals surface area contributed by atoms with E-state index in [2.05, 4.69) is 61.0 Å². The normalized spacial score (nSPS) is 11.8. The molecule has 0 unspecified atom stereocenters. The van der Waals surface area contributed by atoms with Crippen LogP contribution in [0.2, 0.25) is 0 Å². The maximum absolute atomic E-state index is 3.44. The number of benzene rings is 1. The topological polar surface area (TPSA) is 0 Å². The summed E-state index contributed by atoms with van der Waals surface area (Å²) < 4.78 is 0. The Morgan fingerprint density at radius 3 is 2.62 bits per heavy atom. The largest absolute Gasteiger partial charge is 0.0880 e. The number of halogens is 1. The molecule has 0 aromatic heterocycles. The summed E-state index contributed by atoms with van der Waals surface area (Å²) in [7, 11) is 0. The molecule has 13 heavy (non-hydrogen) atoms. The molecular weight excluding hydrogens is 224 g/mol. The molecule has 0 aliphatic carbocycles. The van der Waals surface area contributed by atoms with E-state index >= 15 is 0 Å². The smallest absolute Gasteiger partial charge is 0.0242 e. The summed E-state index contributed by atoms with van der Waals surface area (Å²) in [6, 6.07) is 6.55. The average Bonchev–Trinajstić information content (AvgIpc) is 2.09. The number of rotatable bonds is 2. The second-order valence-electron chi connectivity index (χ2n) is 3.48. The monoisotopic (exact) mass is 238 g/mol. The first kappa shape index (κ1) is 10.5. The maximum Gasteiger partial charge on any atom is 0.0242 e. The van der Waals surface area contributed by atoms with Gasteiger partial charge in [-0.3, -0.25) is 0 Å². The van der Waals surface area contributed by atoms with Gasteiger partial charge in [-0.15, -0.1) is 0 Å². The van der Waals surface area contributed by atoms with Crippen molar-refractivity contribution in [3.05, 3.63) is 40.5 Å². The van der Waals surface area contributed by atoms with Gasteiger partial charge in [-0.25, -0.2) is 0 Å². The highest BCUT2D eigenvalue weighted by Crippen LogP contribution is 2.14. The van der Waals surface area contributed by atoms with Crippen LogP contribution in [0.4, 0.5) is 0 Å². The van der Waals surface area contributed by atoms with Crippen molar-refractivity contribution in [3.8, 4) is 0 Å². The molecule has 0 spiro atoms. The lowest BCUT2D eigenvalue weighted by Crippen LogP contribution is -1.84. The minimum absolute atomic E-state index is 0.945. The van der Waals surface area contributed by atoms with E-state index in [0.717, 1.165) is 5.33 Å². The maximum atomic E-state index is 3.44. The number of hydrogen-bond donors (Lipinski definition) is 0. The fraction of sp³-hybridized carbons (Fsp3) is 0.333. The number of aryl methyl sites for hydroxylation is 2. The molecule has 0 N–H and O–H groups in total. The van der Waals surface area contributed by atoms with Crippen LogP contribution in [0.3, 0.4) is 0 Å². The van der Waals surface area contributed by atoms with Crippen LogP contribution in [-0.2, 0) is 0 Å². The number of alkyl halides is 1. The second kappa shape index (κ2) is 4.61. The zero-order chi connectivity index (χ0) is 9.84. The van der Waals surface area contributed by atoms with E-state index in [-0.39, 0.29) is 0 Å². The SMILES string of the molecule is C/C(=C/c1ccc(C)cc1C)CBr. The van der Waals surface area contributed by atoms with E-state index in [1.54, 1.807) is 0 Å². The first-order chi connectivity index (χ1) is 6.13. The molecule has 0 aliphatic heterocycles. The van der Waals surface area contributed by atoms with Crippen LogP contribution < -0.4 is 0 Å². The molecule has 1 heteroatoms. The number of allylic oxidation sites excluding steroid dienone is 1. The van der Waals surface area contributed by atoms with E-state index in [0.29, 0.717) is 0 Å². The van der Waals surface area contributed by atoms with Gasteiger partial charge in [0.2, 0.25) is 0 Å². The van der Waals surface area contributed by atoms with Crippen molar-refractivity contribution < 1.29 is 0 Å². The molecule has 0 amide bonds. The highest BCUT2D eigenvalue weighted by atomic mass is 79.9. The van der Waals surface area contributed by atoms with Crippen molar-refractivity contribution in [3.63, 3.8) is 0 Å². The molecular formula is C12H15Br. The molecule has 0 fully saturated rings. The van der Waals surface area contributed by atoms with Gasteiger partial charge in [0.25, 0.3) is 0 Å². The molecule has 0 bridgehead atoms. The van der Waals surface area contributed by atoms with Gasteiger partial charge in [-0.2, -0.15) is 0 Å². The van der Waals surface area contributed by atoms with Gasteiger partial charge < -0.3 is 0 Å². The summed E-state index contributed by atoms with van der Waals surface area (Å²) in [5.41, 5.74) is 5.35. The van der Waals surface area contributed by atoms with Crippen LogP contribution in [-0.4, -0.2) is 5.33 Å². The second-order valence-corrected chi connectivity index (χ2v) is 4.05. The molecule has 1 aromatic rings. The summed E-state index contributed by atoms with van der Waals surface area (Å²) in [6.07, 6.45) is 2.23. The molecule has 70 valence electrons. The Labute approximate surface area is 88.8 Å². The Balaban J connectivity index is 3.03. The Hall–Kier alpha value is -0.560. The summed E-state index contributed by atoms with van der Waals surface area (Å²) in [6.45, 7) is 6.41. The predicted octanol–water partition coefficient (Wildman–Crippen LogP) is 4.10. The molecule has 0 aliphatic rings. The van der Waals surface area contributed by atoms with E-state index in [4.69, 9.17) is 0 Å². The molecule has 0 saturated heterocycles. The molecule has 0 heterocycles. The minimum Gasteiger partial charge on any atom is -0.0880 e. The highest BCUT2D eigenvalue weighted by Gasteiger charge is 1.95. The van der Waals surface area contributed by atoms with Gasteiger partial charge in [-0.1, -0.05) is 51.3 Å². The third kappa shape index (κ3) is 3.00. The van der Waals surface area contributed by atoms with Crippen LogP contribution in [0.25, 0.3) is 6.08 Å². The molecule has 0 saturated carbocycles. The Morgan fingerprint density at radius 2 is 2.08 bits per heavy atom. The first-order valence-electron chi connectivity index (χ1n) is 4.44. The van der Waals surface area contributed by atoms with Gasteiger partial charge in [0.15, 0.2) is 0 Å². The zero-order valence-corrected chi connectivity index (χ0v) is 9.98. The van der Waals surface area contributed by atoms with Gasteiger partial charge in [0, 0.05) is 5.33 Å². The van der Waals surface area contributed by atoms with E-state index < -0.39 is 0 Å². The number of hydrogen-bond acceptors (Lipinski definition) is 0. The molecule has 0 atom stereocenters. The Morgan fingerprint density at radius 1 is 1.38 bits per heavy atom. The quantitative estimate of drug-likeness (QED) is 0.681. The fourth-order valence-corrected chi connectivity index (χ4v) is 1.45. The van der Waals surface area contributed by atoms with Crippen LogP contribution >= 0.6 is 15.9 Å². The van der Waals surface area contributed by atoms with Crippen molar-refractivity contribution in [1.29, 1.82) is 0 Å². The first-order valence-corrected chi connectivity index (χ1v) is 5.56.